The standard InChI is InChI=1S/C17H20ClNO.C10H19N.C2H2/c1-3-11-19-14(4-2)9-10-16(19)17(20)12-13-7-5-6-8-15(13)18;1-3-4-7-10(2)11-8-5-6-9-11;1-2/h5-10H,3-4,11-12H2,1-2H3;4,7,10H,3,5-6,8-9H2,1-2H3;1-2H/b;7-4+;/t;10-;/m.1./s1. The monoisotopic (exact) mass is 468 g/mol. The van der Waals surface area contributed by atoms with Crippen LogP contribution in [0.4, 0.5) is 0 Å². The highest BCUT2D eigenvalue weighted by molar-refractivity contribution is 6.31. The Morgan fingerprint density at radius 1 is 1.09 bits per heavy atom. The molecule has 0 unspecified atom stereocenters. The molecular formula is C29H41ClN2O. The summed E-state index contributed by atoms with van der Waals surface area (Å²) >= 11 is 6.13. The number of rotatable bonds is 9. The molecule has 3 nitrogen and oxygen atoms in total. The van der Waals surface area contributed by atoms with E-state index in [0.717, 1.165) is 37.1 Å². The smallest absolute Gasteiger partial charge is 0.183 e. The lowest BCUT2D eigenvalue weighted by molar-refractivity contribution is 0.0983. The molecular weight excluding hydrogens is 428 g/mol. The number of allylic oxidation sites excluding steroid dienone is 1. The normalized spacial score (nSPS) is 14.3. The maximum Gasteiger partial charge on any atom is 0.183 e. The highest BCUT2D eigenvalue weighted by atomic mass is 35.5. The van der Waals surface area contributed by atoms with Gasteiger partial charge in [-0.25, -0.2) is 0 Å². The van der Waals surface area contributed by atoms with Crippen molar-refractivity contribution in [1.82, 2.24) is 9.47 Å². The summed E-state index contributed by atoms with van der Waals surface area (Å²) in [4.78, 5) is 15.1. The molecule has 1 aliphatic heterocycles. The third kappa shape index (κ3) is 9.24. The number of carbonyl (C=O) groups excluding carboxylic acids is 1. The highest BCUT2D eigenvalue weighted by Gasteiger charge is 2.16. The second-order valence-electron chi connectivity index (χ2n) is 8.23. The largest absolute Gasteiger partial charge is 0.342 e. The minimum absolute atomic E-state index is 0.131. The van der Waals surface area contributed by atoms with Gasteiger partial charge in [-0.15, -0.1) is 12.8 Å². The van der Waals surface area contributed by atoms with Crippen LogP contribution in [0.1, 0.15) is 75.1 Å². The van der Waals surface area contributed by atoms with Crippen LogP contribution < -0.4 is 0 Å². The van der Waals surface area contributed by atoms with Gasteiger partial charge in [-0.3, -0.25) is 9.69 Å². The van der Waals surface area contributed by atoms with E-state index in [4.69, 9.17) is 11.6 Å². The number of likely N-dealkylation sites (tertiary alicyclic amines) is 1. The van der Waals surface area contributed by atoms with Crippen LogP contribution in [-0.2, 0) is 19.4 Å². The topological polar surface area (TPSA) is 25.2 Å². The van der Waals surface area contributed by atoms with Gasteiger partial charge >= 0.3 is 0 Å². The lowest BCUT2D eigenvalue weighted by atomic mass is 10.1. The number of benzene rings is 1. The van der Waals surface area contributed by atoms with E-state index in [-0.39, 0.29) is 5.78 Å². The first-order chi connectivity index (χ1) is 16.0. The first kappa shape index (κ1) is 28.8. The summed E-state index contributed by atoms with van der Waals surface area (Å²) in [5, 5.41) is 0.658. The molecule has 4 heteroatoms. The average molecular weight is 469 g/mol. The number of aryl methyl sites for hydroxylation is 1. The maximum absolute atomic E-state index is 12.5. The molecule has 1 atom stereocenters. The Balaban J connectivity index is 0.000000354. The minimum atomic E-state index is 0.131. The molecule has 1 aromatic carbocycles. The summed E-state index contributed by atoms with van der Waals surface area (Å²) in [6.45, 7) is 12.2. The van der Waals surface area contributed by atoms with Crippen molar-refractivity contribution in [3.05, 3.63) is 70.5 Å². The Labute approximate surface area is 206 Å². The Bertz CT molecular complexity index is 875. The molecule has 2 aromatic rings. The van der Waals surface area contributed by atoms with Gasteiger partial charge in [0.2, 0.25) is 0 Å². The molecule has 180 valence electrons. The second-order valence-corrected chi connectivity index (χ2v) is 8.63. The molecule has 3 rings (SSSR count). The molecule has 1 aromatic heterocycles. The number of terminal acetylenes is 1. The average Bonchev–Trinajstić information content (AvgIpc) is 3.51. The third-order valence-electron chi connectivity index (χ3n) is 5.84. The number of hydrogen-bond donors (Lipinski definition) is 0. The Kier molecular flexibility index (Phi) is 14.2. The van der Waals surface area contributed by atoms with Crippen LogP contribution in [0.5, 0.6) is 0 Å². The van der Waals surface area contributed by atoms with Gasteiger partial charge in [0.15, 0.2) is 5.78 Å². The molecule has 2 heterocycles. The molecule has 0 N–H and O–H groups in total. The molecule has 33 heavy (non-hydrogen) atoms. The van der Waals surface area contributed by atoms with Crippen molar-refractivity contribution in [2.75, 3.05) is 13.1 Å². The Hall–Kier alpha value is -2.28. The summed E-state index contributed by atoms with van der Waals surface area (Å²) in [6.07, 6.45) is 18.9. The van der Waals surface area contributed by atoms with E-state index in [1.807, 2.05) is 30.3 Å². The zero-order valence-corrected chi connectivity index (χ0v) is 21.7. The predicted molar refractivity (Wildman–Crippen MR) is 143 cm³/mol. The second kappa shape index (κ2) is 16.4. The van der Waals surface area contributed by atoms with Crippen LogP contribution in [0.25, 0.3) is 0 Å². The van der Waals surface area contributed by atoms with Gasteiger partial charge in [-0.2, -0.15) is 0 Å². The highest BCUT2D eigenvalue weighted by Crippen LogP contribution is 2.19. The van der Waals surface area contributed by atoms with E-state index in [1.54, 1.807) is 0 Å². The van der Waals surface area contributed by atoms with Crippen molar-refractivity contribution in [3.63, 3.8) is 0 Å². The summed E-state index contributed by atoms with van der Waals surface area (Å²) in [6, 6.07) is 12.2. The number of aromatic nitrogens is 1. The first-order valence-corrected chi connectivity index (χ1v) is 12.6. The van der Waals surface area contributed by atoms with E-state index >= 15 is 0 Å². The number of halogens is 1. The number of nitrogens with zero attached hydrogens (tertiary/aromatic N) is 2. The summed E-state index contributed by atoms with van der Waals surface area (Å²) in [5.41, 5.74) is 2.90. The lowest BCUT2D eigenvalue weighted by Gasteiger charge is -2.20. The van der Waals surface area contributed by atoms with Gasteiger partial charge in [-0.05, 0) is 75.9 Å². The third-order valence-corrected chi connectivity index (χ3v) is 6.21. The minimum Gasteiger partial charge on any atom is -0.342 e. The Morgan fingerprint density at radius 3 is 2.33 bits per heavy atom. The number of carbonyl (C=O) groups is 1. The van der Waals surface area contributed by atoms with Gasteiger partial charge in [0.25, 0.3) is 0 Å². The number of Topliss-reactive ketones (excluding diaryl/α,β-unsaturated/α-hetero) is 1. The fourth-order valence-corrected chi connectivity index (χ4v) is 4.26. The summed E-state index contributed by atoms with van der Waals surface area (Å²) in [7, 11) is 0. The van der Waals surface area contributed by atoms with Crippen LogP contribution >= 0.6 is 11.6 Å². The van der Waals surface area contributed by atoms with Crippen molar-refractivity contribution >= 4 is 17.4 Å². The van der Waals surface area contributed by atoms with Crippen molar-refractivity contribution in [3.8, 4) is 12.8 Å². The van der Waals surface area contributed by atoms with Gasteiger partial charge in [0, 0.05) is 29.7 Å². The molecule has 0 aliphatic carbocycles. The fraction of sp³-hybridized carbons (Fsp3) is 0.483. The molecule has 0 saturated carbocycles. The molecule has 1 fully saturated rings. The van der Waals surface area contributed by atoms with E-state index in [1.165, 1.54) is 31.6 Å². The Morgan fingerprint density at radius 2 is 1.76 bits per heavy atom. The van der Waals surface area contributed by atoms with Crippen molar-refractivity contribution in [1.29, 1.82) is 0 Å². The summed E-state index contributed by atoms with van der Waals surface area (Å²) < 4.78 is 2.14. The number of ketones is 1. The summed E-state index contributed by atoms with van der Waals surface area (Å²) in [5.74, 6) is 0.131. The molecule has 0 spiro atoms. The lowest BCUT2D eigenvalue weighted by Crippen LogP contribution is -2.28. The molecule has 0 radical (unpaired) electrons. The van der Waals surface area contributed by atoms with Crippen molar-refractivity contribution in [2.45, 2.75) is 78.8 Å². The van der Waals surface area contributed by atoms with Crippen LogP contribution in [0, 0.1) is 12.8 Å². The van der Waals surface area contributed by atoms with E-state index < -0.39 is 0 Å². The fourth-order valence-electron chi connectivity index (χ4n) is 4.06. The molecule has 1 aliphatic rings. The zero-order chi connectivity index (χ0) is 24.6. The first-order valence-electron chi connectivity index (χ1n) is 12.2. The SMILES string of the molecule is C#C.CC/C=C/[C@@H](C)N1CCCC1.CCCn1c(CC)ccc1C(=O)Cc1ccccc1Cl. The quantitative estimate of drug-likeness (QED) is 0.220. The van der Waals surface area contributed by atoms with E-state index in [2.05, 4.69) is 68.2 Å². The maximum atomic E-state index is 12.5. The van der Waals surface area contributed by atoms with E-state index in [9.17, 15) is 4.79 Å². The number of hydrogen-bond acceptors (Lipinski definition) is 2. The van der Waals surface area contributed by atoms with Crippen molar-refractivity contribution in [2.24, 2.45) is 0 Å². The van der Waals surface area contributed by atoms with E-state index in [0.29, 0.717) is 17.5 Å². The van der Waals surface area contributed by atoms with Gasteiger partial charge in [0.05, 0.1) is 5.69 Å². The molecule has 0 amide bonds. The predicted octanol–water partition coefficient (Wildman–Crippen LogP) is 7.23. The van der Waals surface area contributed by atoms with Gasteiger partial charge in [0.1, 0.15) is 0 Å². The van der Waals surface area contributed by atoms with Crippen LogP contribution in [0.3, 0.4) is 0 Å². The van der Waals surface area contributed by atoms with Crippen LogP contribution in [0.2, 0.25) is 5.02 Å². The van der Waals surface area contributed by atoms with Crippen LogP contribution in [-0.4, -0.2) is 34.4 Å². The van der Waals surface area contributed by atoms with Crippen LogP contribution in [0.15, 0.2) is 48.6 Å². The molecule has 1 saturated heterocycles. The van der Waals surface area contributed by atoms with Crippen molar-refractivity contribution < 1.29 is 4.79 Å². The van der Waals surface area contributed by atoms with Gasteiger partial charge in [-0.1, -0.05) is 62.7 Å². The van der Waals surface area contributed by atoms with Gasteiger partial charge < -0.3 is 4.57 Å². The zero-order valence-electron chi connectivity index (χ0n) is 20.9. The molecule has 0 bridgehead atoms.